The summed E-state index contributed by atoms with van der Waals surface area (Å²) in [5.74, 6) is 0. The molecule has 0 aliphatic carbocycles. The van der Waals surface area contributed by atoms with Gasteiger partial charge >= 0.3 is 0 Å². The molecule has 0 bridgehead atoms. The molecule has 0 fully saturated rings. The van der Waals surface area contributed by atoms with E-state index in [1.807, 2.05) is 6.08 Å². The van der Waals surface area contributed by atoms with Crippen LogP contribution >= 0.6 is 0 Å². The molecule has 0 saturated carbocycles. The predicted molar refractivity (Wildman–Crippen MR) is 47.5 cm³/mol. The van der Waals surface area contributed by atoms with E-state index in [1.165, 1.54) is 0 Å². The van der Waals surface area contributed by atoms with Crippen molar-refractivity contribution in [1.82, 2.24) is 0 Å². The molecule has 3 heteroatoms. The Morgan fingerprint density at radius 3 is 2.55 bits per heavy atom. The first-order valence-corrected chi connectivity index (χ1v) is 3.60. The highest BCUT2D eigenvalue weighted by atomic mass is 16.6. The number of rotatable bonds is 5. The Hall–Kier alpha value is -0.830. The first kappa shape index (κ1) is 10.2. The summed E-state index contributed by atoms with van der Waals surface area (Å²) in [6, 6.07) is 0. The second-order valence-corrected chi connectivity index (χ2v) is 3.06. The molecule has 0 aliphatic rings. The molecule has 0 aromatic carbocycles. The Morgan fingerprint density at radius 2 is 2.09 bits per heavy atom. The van der Waals surface area contributed by atoms with Crippen molar-refractivity contribution in [2.45, 2.75) is 0 Å². The van der Waals surface area contributed by atoms with Gasteiger partial charge in [-0.15, -0.1) is 0 Å². The van der Waals surface area contributed by atoms with E-state index in [1.54, 1.807) is 13.3 Å². The van der Waals surface area contributed by atoms with Gasteiger partial charge in [0.15, 0.2) is 0 Å². The van der Waals surface area contributed by atoms with E-state index in [2.05, 4.69) is 30.7 Å². The fourth-order valence-electron chi connectivity index (χ4n) is 0.753. The Kier molecular flexibility index (Phi) is 4.54. The number of quaternary nitrogens is 1. The van der Waals surface area contributed by atoms with Crippen molar-refractivity contribution in [3.8, 4) is 0 Å². The van der Waals surface area contributed by atoms with Gasteiger partial charge in [-0.05, 0) is 6.08 Å². The molecule has 11 heavy (non-hydrogen) atoms. The van der Waals surface area contributed by atoms with Crippen molar-refractivity contribution in [3.05, 3.63) is 12.7 Å². The summed E-state index contributed by atoms with van der Waals surface area (Å²) in [4.78, 5) is 4.55. The lowest BCUT2D eigenvalue weighted by Crippen LogP contribution is -2.41. The van der Waals surface area contributed by atoms with E-state index in [9.17, 15) is 0 Å². The molecule has 0 spiro atoms. The van der Waals surface area contributed by atoms with Crippen LogP contribution in [0.2, 0.25) is 0 Å². The smallest absolute Gasteiger partial charge is 0.118 e. The van der Waals surface area contributed by atoms with Crippen LogP contribution in [0.25, 0.3) is 0 Å². The Morgan fingerprint density at radius 1 is 1.45 bits per heavy atom. The number of likely N-dealkylation sites (N-methyl/N-ethyl adjacent to an activating group) is 1. The standard InChI is InChI=1S/C8H17N2O/c1-5-7-10(2,3)8-6-9-11-4/h5-6H,1,7-8H2,2-4H3/q+1/b9-6+. The zero-order valence-corrected chi connectivity index (χ0v) is 7.58. The first-order chi connectivity index (χ1) is 5.12. The SMILES string of the molecule is C=CC[N+](C)(C)C/C=N/OC. The van der Waals surface area contributed by atoms with Crippen LogP contribution in [0.1, 0.15) is 0 Å². The summed E-state index contributed by atoms with van der Waals surface area (Å²) in [5.41, 5.74) is 0. The normalized spacial score (nSPS) is 11.9. The molecule has 0 aliphatic heterocycles. The van der Waals surface area contributed by atoms with Crippen molar-refractivity contribution in [1.29, 1.82) is 0 Å². The van der Waals surface area contributed by atoms with Crippen LogP contribution in [-0.2, 0) is 4.84 Å². The summed E-state index contributed by atoms with van der Waals surface area (Å²) in [5, 5.41) is 3.66. The minimum Gasteiger partial charge on any atom is -0.399 e. The van der Waals surface area contributed by atoms with Crippen LogP contribution in [0, 0.1) is 0 Å². The van der Waals surface area contributed by atoms with Gasteiger partial charge in [0.25, 0.3) is 0 Å². The highest BCUT2D eigenvalue weighted by molar-refractivity contribution is 5.57. The number of nitrogens with zero attached hydrogens (tertiary/aromatic N) is 2. The molecule has 0 rings (SSSR count). The minimum atomic E-state index is 0.858. The van der Waals surface area contributed by atoms with E-state index >= 15 is 0 Å². The van der Waals surface area contributed by atoms with Gasteiger partial charge in [0.2, 0.25) is 0 Å². The average molecular weight is 157 g/mol. The number of hydrogen-bond acceptors (Lipinski definition) is 2. The summed E-state index contributed by atoms with van der Waals surface area (Å²) >= 11 is 0. The maximum absolute atomic E-state index is 4.55. The van der Waals surface area contributed by atoms with Crippen LogP contribution in [-0.4, -0.2) is 45.0 Å². The van der Waals surface area contributed by atoms with Gasteiger partial charge in [0, 0.05) is 0 Å². The average Bonchev–Trinajstić information content (AvgIpc) is 1.87. The van der Waals surface area contributed by atoms with Crippen LogP contribution in [0.15, 0.2) is 17.8 Å². The van der Waals surface area contributed by atoms with Crippen molar-refractivity contribution in [3.63, 3.8) is 0 Å². The van der Waals surface area contributed by atoms with Gasteiger partial charge in [-0.3, -0.25) is 0 Å². The maximum Gasteiger partial charge on any atom is 0.118 e. The topological polar surface area (TPSA) is 21.6 Å². The highest BCUT2D eigenvalue weighted by Crippen LogP contribution is 1.93. The van der Waals surface area contributed by atoms with E-state index < -0.39 is 0 Å². The van der Waals surface area contributed by atoms with E-state index in [0.717, 1.165) is 17.6 Å². The molecule has 3 nitrogen and oxygen atoms in total. The third-order valence-corrected chi connectivity index (χ3v) is 1.38. The highest BCUT2D eigenvalue weighted by Gasteiger charge is 2.09. The summed E-state index contributed by atoms with van der Waals surface area (Å²) in [6.45, 7) is 5.48. The fourth-order valence-corrected chi connectivity index (χ4v) is 0.753. The van der Waals surface area contributed by atoms with Crippen molar-refractivity contribution >= 4 is 6.21 Å². The molecule has 0 aromatic rings. The summed E-state index contributed by atoms with van der Waals surface area (Å²) in [6.07, 6.45) is 3.67. The molecule has 0 unspecified atom stereocenters. The van der Waals surface area contributed by atoms with Gasteiger partial charge < -0.3 is 9.32 Å². The van der Waals surface area contributed by atoms with Gasteiger partial charge in [0.05, 0.1) is 26.9 Å². The zero-order valence-electron chi connectivity index (χ0n) is 7.58. The lowest BCUT2D eigenvalue weighted by Gasteiger charge is -2.25. The summed E-state index contributed by atoms with van der Waals surface area (Å²) < 4.78 is 0.858. The Balaban J connectivity index is 3.71. The molecule has 0 saturated heterocycles. The first-order valence-electron chi connectivity index (χ1n) is 3.60. The molecule has 0 aromatic heterocycles. The Bertz CT molecular complexity index is 141. The molecule has 0 N–H and O–H groups in total. The largest absolute Gasteiger partial charge is 0.399 e. The number of oxime groups is 1. The Labute approximate surface area is 68.5 Å². The molecule has 0 atom stereocenters. The van der Waals surface area contributed by atoms with Crippen molar-refractivity contribution in [2.75, 3.05) is 34.3 Å². The zero-order chi connectivity index (χ0) is 8.74. The minimum absolute atomic E-state index is 0.858. The van der Waals surface area contributed by atoms with Gasteiger partial charge in [-0.2, -0.15) is 0 Å². The van der Waals surface area contributed by atoms with Crippen LogP contribution in [0.5, 0.6) is 0 Å². The fraction of sp³-hybridized carbons (Fsp3) is 0.625. The quantitative estimate of drug-likeness (QED) is 0.251. The maximum atomic E-state index is 4.55. The third kappa shape index (κ3) is 5.61. The van der Waals surface area contributed by atoms with Crippen molar-refractivity contribution < 1.29 is 9.32 Å². The second kappa shape index (κ2) is 4.91. The molecular formula is C8H17N2O+. The van der Waals surface area contributed by atoms with Crippen molar-refractivity contribution in [2.24, 2.45) is 5.16 Å². The van der Waals surface area contributed by atoms with Crippen LogP contribution < -0.4 is 0 Å². The monoisotopic (exact) mass is 157 g/mol. The number of hydrogen-bond donors (Lipinski definition) is 0. The molecular weight excluding hydrogens is 140 g/mol. The third-order valence-electron chi connectivity index (χ3n) is 1.38. The van der Waals surface area contributed by atoms with Gasteiger partial charge in [-0.1, -0.05) is 11.7 Å². The van der Waals surface area contributed by atoms with Crippen LogP contribution in [0.4, 0.5) is 0 Å². The molecule has 0 amide bonds. The predicted octanol–water partition coefficient (Wildman–Crippen LogP) is 0.881. The van der Waals surface area contributed by atoms with E-state index in [4.69, 9.17) is 0 Å². The van der Waals surface area contributed by atoms with E-state index in [-0.39, 0.29) is 0 Å². The van der Waals surface area contributed by atoms with Gasteiger partial charge in [0.1, 0.15) is 13.7 Å². The lowest BCUT2D eigenvalue weighted by atomic mass is 10.4. The lowest BCUT2D eigenvalue weighted by molar-refractivity contribution is -0.874. The molecule has 64 valence electrons. The van der Waals surface area contributed by atoms with Gasteiger partial charge in [-0.25, -0.2) is 0 Å². The molecule has 0 heterocycles. The second-order valence-electron chi connectivity index (χ2n) is 3.06. The van der Waals surface area contributed by atoms with Crippen LogP contribution in [0.3, 0.4) is 0 Å². The van der Waals surface area contributed by atoms with E-state index in [0.29, 0.717) is 0 Å². The molecule has 0 radical (unpaired) electrons. The summed E-state index contributed by atoms with van der Waals surface area (Å²) in [7, 11) is 5.77.